The van der Waals surface area contributed by atoms with Crippen LogP contribution in [0.3, 0.4) is 0 Å². The Balaban J connectivity index is 0.00000280. The van der Waals surface area contributed by atoms with Crippen LogP contribution in [-0.4, -0.2) is 58.5 Å². The molecule has 0 aliphatic carbocycles. The smallest absolute Gasteiger partial charge is 0.225 e. The molecule has 3 rings (SSSR count). The fraction of sp³-hybridized carbons (Fsp3) is 0.579. The summed E-state index contributed by atoms with van der Waals surface area (Å²) in [5.74, 6) is 1.76. The molecule has 0 radical (unpaired) electrons. The molecule has 7 nitrogen and oxygen atoms in total. The number of nitrogens with zero attached hydrogens (tertiary/aromatic N) is 6. The van der Waals surface area contributed by atoms with E-state index >= 15 is 0 Å². The molecule has 2 aromatic heterocycles. The van der Waals surface area contributed by atoms with E-state index in [0.29, 0.717) is 6.54 Å². The fourth-order valence-corrected chi connectivity index (χ4v) is 3.81. The molecule has 2 aromatic rings. The molecule has 0 amide bonds. The molecule has 1 aliphatic heterocycles. The minimum Gasteiger partial charge on any atom is -0.357 e. The largest absolute Gasteiger partial charge is 0.357 e. The summed E-state index contributed by atoms with van der Waals surface area (Å²) < 4.78 is 0. The number of thiazole rings is 1. The van der Waals surface area contributed by atoms with E-state index in [9.17, 15) is 0 Å². The molecule has 154 valence electrons. The lowest BCUT2D eigenvalue weighted by molar-refractivity contribution is 0.370. The fourth-order valence-electron chi connectivity index (χ4n) is 2.87. The number of aromatic nitrogens is 3. The highest BCUT2D eigenvalue weighted by Crippen LogP contribution is 2.24. The van der Waals surface area contributed by atoms with Crippen LogP contribution in [0, 0.1) is 0 Å². The zero-order valence-electron chi connectivity index (χ0n) is 17.1. The van der Waals surface area contributed by atoms with E-state index in [4.69, 9.17) is 9.98 Å². The van der Waals surface area contributed by atoms with E-state index in [-0.39, 0.29) is 29.4 Å². The third kappa shape index (κ3) is 6.00. The first-order valence-corrected chi connectivity index (χ1v) is 10.4. The number of guanidine groups is 1. The first kappa shape index (κ1) is 22.8. The van der Waals surface area contributed by atoms with Gasteiger partial charge < -0.3 is 15.1 Å². The van der Waals surface area contributed by atoms with Crippen molar-refractivity contribution in [2.75, 3.05) is 37.6 Å². The van der Waals surface area contributed by atoms with Crippen molar-refractivity contribution in [1.29, 1.82) is 0 Å². The quantitative estimate of drug-likeness (QED) is 0.384. The van der Waals surface area contributed by atoms with Crippen LogP contribution < -0.4 is 10.2 Å². The summed E-state index contributed by atoms with van der Waals surface area (Å²) in [6.45, 7) is 13.7. The number of nitrogens with one attached hydrogen (secondary N) is 1. The van der Waals surface area contributed by atoms with Crippen LogP contribution in [0.25, 0.3) is 0 Å². The van der Waals surface area contributed by atoms with Gasteiger partial charge in [0.2, 0.25) is 5.95 Å². The van der Waals surface area contributed by atoms with Crippen molar-refractivity contribution >= 4 is 47.2 Å². The monoisotopic (exact) mass is 515 g/mol. The van der Waals surface area contributed by atoms with E-state index in [1.54, 1.807) is 23.7 Å². The molecule has 0 unspecified atom stereocenters. The number of anilines is 1. The molecule has 0 atom stereocenters. The number of aliphatic imine (C=N–C) groups is 1. The van der Waals surface area contributed by atoms with Gasteiger partial charge in [0.05, 0.1) is 12.2 Å². The third-order valence-corrected chi connectivity index (χ3v) is 5.27. The van der Waals surface area contributed by atoms with Gasteiger partial charge in [0.25, 0.3) is 0 Å². The Bertz CT molecular complexity index is 749. The highest BCUT2D eigenvalue weighted by molar-refractivity contribution is 14.0. The summed E-state index contributed by atoms with van der Waals surface area (Å²) in [5.41, 5.74) is 1.22. The van der Waals surface area contributed by atoms with Gasteiger partial charge in [-0.1, -0.05) is 20.8 Å². The van der Waals surface area contributed by atoms with E-state index in [1.807, 2.05) is 6.07 Å². The number of rotatable bonds is 4. The van der Waals surface area contributed by atoms with Crippen LogP contribution in [0.4, 0.5) is 5.95 Å². The van der Waals surface area contributed by atoms with Crippen LogP contribution in [0.1, 0.15) is 38.4 Å². The van der Waals surface area contributed by atoms with Gasteiger partial charge in [0.1, 0.15) is 5.01 Å². The van der Waals surface area contributed by atoms with Crippen molar-refractivity contribution in [3.63, 3.8) is 0 Å². The molecule has 1 aliphatic rings. The molecule has 1 N–H and O–H groups in total. The zero-order chi connectivity index (χ0) is 19.3. The lowest BCUT2D eigenvalue weighted by Crippen LogP contribution is -2.52. The summed E-state index contributed by atoms with van der Waals surface area (Å²) >= 11 is 1.69. The maximum absolute atomic E-state index is 4.83. The minimum atomic E-state index is 0. The normalized spacial score (nSPS) is 15.4. The van der Waals surface area contributed by atoms with Crippen LogP contribution in [0.2, 0.25) is 0 Å². The van der Waals surface area contributed by atoms with Crippen LogP contribution in [-0.2, 0) is 12.0 Å². The maximum Gasteiger partial charge on any atom is 0.225 e. The van der Waals surface area contributed by atoms with Crippen LogP contribution in [0.15, 0.2) is 28.8 Å². The summed E-state index contributed by atoms with van der Waals surface area (Å²) in [6.07, 6.45) is 3.58. The van der Waals surface area contributed by atoms with Crippen molar-refractivity contribution in [3.8, 4) is 0 Å². The molecule has 0 spiro atoms. The Kier molecular flexibility index (Phi) is 8.41. The van der Waals surface area contributed by atoms with E-state index in [0.717, 1.165) is 55.3 Å². The Morgan fingerprint density at radius 1 is 1.18 bits per heavy atom. The average molecular weight is 515 g/mol. The average Bonchev–Trinajstić information content (AvgIpc) is 3.16. The first-order chi connectivity index (χ1) is 13.0. The van der Waals surface area contributed by atoms with Gasteiger partial charge >= 0.3 is 0 Å². The molecule has 0 aromatic carbocycles. The van der Waals surface area contributed by atoms with Crippen LogP contribution in [0.5, 0.6) is 0 Å². The number of piperazine rings is 1. The van der Waals surface area contributed by atoms with Gasteiger partial charge in [-0.2, -0.15) is 0 Å². The summed E-state index contributed by atoms with van der Waals surface area (Å²) in [7, 11) is 0. The zero-order valence-corrected chi connectivity index (χ0v) is 20.2. The van der Waals surface area contributed by atoms with Crippen molar-refractivity contribution in [2.24, 2.45) is 4.99 Å². The second kappa shape index (κ2) is 10.3. The number of hydrogen-bond acceptors (Lipinski definition) is 6. The highest BCUT2D eigenvalue weighted by atomic mass is 127. The standard InChI is InChI=1S/C19H29N7S.HI/c1-5-20-17(23-13-16-24-15(14-27-16)19(2,3)4)25-9-11-26(12-10-25)18-21-7-6-8-22-18;/h6-8,14H,5,9-13H2,1-4H3,(H,20,23);1H. The molecular weight excluding hydrogens is 485 g/mol. The van der Waals surface area contributed by atoms with Crippen molar-refractivity contribution in [1.82, 2.24) is 25.2 Å². The SMILES string of the molecule is CCNC(=NCc1nc(C(C)(C)C)cs1)N1CCN(c2ncccn2)CC1.I. The van der Waals surface area contributed by atoms with Gasteiger partial charge in [-0.3, -0.25) is 0 Å². The Labute approximate surface area is 188 Å². The van der Waals surface area contributed by atoms with E-state index in [1.165, 1.54) is 0 Å². The highest BCUT2D eigenvalue weighted by Gasteiger charge is 2.21. The summed E-state index contributed by atoms with van der Waals surface area (Å²) in [6, 6.07) is 1.85. The Hall–Kier alpha value is -1.49. The lowest BCUT2D eigenvalue weighted by atomic mass is 9.93. The van der Waals surface area contributed by atoms with E-state index < -0.39 is 0 Å². The number of halogens is 1. The van der Waals surface area contributed by atoms with Gasteiger partial charge in [0.15, 0.2) is 5.96 Å². The van der Waals surface area contributed by atoms with Crippen molar-refractivity contribution in [2.45, 2.75) is 39.7 Å². The molecular formula is C19H30IN7S. The molecule has 1 fully saturated rings. The molecule has 3 heterocycles. The van der Waals surface area contributed by atoms with Crippen molar-refractivity contribution < 1.29 is 0 Å². The Morgan fingerprint density at radius 2 is 1.86 bits per heavy atom. The Morgan fingerprint density at radius 3 is 2.43 bits per heavy atom. The molecule has 9 heteroatoms. The van der Waals surface area contributed by atoms with E-state index in [2.05, 4.69) is 58.2 Å². The van der Waals surface area contributed by atoms with Gasteiger partial charge in [-0.15, -0.1) is 35.3 Å². The topological polar surface area (TPSA) is 69.5 Å². The van der Waals surface area contributed by atoms with Crippen molar-refractivity contribution in [3.05, 3.63) is 34.5 Å². The molecule has 0 saturated carbocycles. The first-order valence-electron chi connectivity index (χ1n) is 9.47. The van der Waals surface area contributed by atoms with Gasteiger partial charge in [0, 0.05) is 55.9 Å². The number of hydrogen-bond donors (Lipinski definition) is 1. The third-order valence-electron chi connectivity index (χ3n) is 4.43. The molecule has 0 bridgehead atoms. The predicted molar refractivity (Wildman–Crippen MR) is 127 cm³/mol. The summed E-state index contributed by atoms with van der Waals surface area (Å²) in [4.78, 5) is 22.8. The second-order valence-electron chi connectivity index (χ2n) is 7.57. The predicted octanol–water partition coefficient (Wildman–Crippen LogP) is 3.14. The molecule has 28 heavy (non-hydrogen) atoms. The van der Waals surface area contributed by atoms with Crippen LogP contribution >= 0.6 is 35.3 Å². The summed E-state index contributed by atoms with van der Waals surface area (Å²) in [5, 5.41) is 6.63. The second-order valence-corrected chi connectivity index (χ2v) is 8.51. The lowest BCUT2D eigenvalue weighted by Gasteiger charge is -2.36. The van der Waals surface area contributed by atoms with Gasteiger partial charge in [-0.05, 0) is 13.0 Å². The maximum atomic E-state index is 4.83. The van der Waals surface area contributed by atoms with Gasteiger partial charge in [-0.25, -0.2) is 19.9 Å². The minimum absolute atomic E-state index is 0. The molecule has 1 saturated heterocycles.